The van der Waals surface area contributed by atoms with Crippen molar-refractivity contribution in [2.24, 2.45) is 0 Å². The fourth-order valence-corrected chi connectivity index (χ4v) is 2.49. The van der Waals surface area contributed by atoms with Gasteiger partial charge in [0.15, 0.2) is 6.10 Å². The minimum atomic E-state index is -0.506. The fraction of sp³-hybridized carbons (Fsp3) is 0.684. The average Bonchev–Trinajstić information content (AvgIpc) is 2.48. The predicted octanol–water partition coefficient (Wildman–Crippen LogP) is -0.743. The predicted molar refractivity (Wildman–Crippen MR) is 98.3 cm³/mol. The maximum atomic E-state index is 12.2. The van der Waals surface area contributed by atoms with E-state index in [0.717, 1.165) is 17.1 Å². The molecule has 0 aliphatic heterocycles. The lowest BCUT2D eigenvalue weighted by Gasteiger charge is -2.28. The van der Waals surface area contributed by atoms with Crippen molar-refractivity contribution in [3.05, 3.63) is 22.8 Å². The van der Waals surface area contributed by atoms with Crippen LogP contribution in [0.2, 0.25) is 0 Å². The first kappa shape index (κ1) is 25.3. The molecule has 8 heteroatoms. The normalized spacial score (nSPS) is 12.1. The summed E-state index contributed by atoms with van der Waals surface area (Å²) in [6.45, 7) is 8.13. The number of halogens is 1. The van der Waals surface area contributed by atoms with Crippen LogP contribution in [-0.4, -0.2) is 60.2 Å². The van der Waals surface area contributed by atoms with Crippen molar-refractivity contribution in [2.45, 2.75) is 59.7 Å². The number of hydrogen-bond acceptors (Lipinski definition) is 6. The van der Waals surface area contributed by atoms with Gasteiger partial charge in [-0.25, -0.2) is 0 Å². The molecule has 0 amide bonds. The highest BCUT2D eigenvalue weighted by atomic mass is 35.5. The molecule has 0 bridgehead atoms. The van der Waals surface area contributed by atoms with E-state index in [1.165, 1.54) is 0 Å². The summed E-state index contributed by atoms with van der Waals surface area (Å²) < 4.78 is 11.4. The van der Waals surface area contributed by atoms with Crippen molar-refractivity contribution < 1.29 is 36.0 Å². The Labute approximate surface area is 168 Å². The Morgan fingerprint density at radius 3 is 2.15 bits per heavy atom. The van der Waals surface area contributed by atoms with Crippen LogP contribution in [0.3, 0.4) is 0 Å². The molecule has 0 N–H and O–H groups in total. The summed E-state index contributed by atoms with van der Waals surface area (Å²) in [7, 11) is 5.96. The zero-order valence-corrected chi connectivity index (χ0v) is 18.2. The number of carbonyl (C=O) groups excluding carboxylic acids is 2. The summed E-state index contributed by atoms with van der Waals surface area (Å²) in [6.07, 6.45) is 0.585. The van der Waals surface area contributed by atoms with Gasteiger partial charge in [-0.15, -0.1) is 0 Å². The van der Waals surface area contributed by atoms with Crippen molar-refractivity contribution in [3.63, 3.8) is 0 Å². The van der Waals surface area contributed by atoms with Crippen molar-refractivity contribution >= 4 is 11.9 Å². The van der Waals surface area contributed by atoms with Gasteiger partial charge < -0.3 is 26.4 Å². The Kier molecular flexibility index (Phi) is 10.5. The van der Waals surface area contributed by atoms with E-state index in [-0.39, 0.29) is 31.4 Å². The molecular formula is C19H32ClN3O4. The quantitative estimate of drug-likeness (QED) is 0.400. The molecule has 1 atom stereocenters. The van der Waals surface area contributed by atoms with Crippen molar-refractivity contribution in [2.75, 3.05) is 27.7 Å². The number of quaternary nitrogens is 1. The molecule has 0 spiro atoms. The molecule has 0 aliphatic rings. The monoisotopic (exact) mass is 401 g/mol. The minimum Gasteiger partial charge on any atom is -1.00 e. The van der Waals surface area contributed by atoms with Crippen LogP contribution in [0.4, 0.5) is 0 Å². The molecule has 0 aliphatic carbocycles. The molecule has 0 aromatic carbocycles. The second kappa shape index (κ2) is 11.2. The highest BCUT2D eigenvalue weighted by Crippen LogP contribution is 2.11. The number of aryl methyl sites for hydroxylation is 3. The first-order valence-electron chi connectivity index (χ1n) is 8.98. The molecule has 1 rings (SSSR count). The lowest BCUT2D eigenvalue weighted by molar-refractivity contribution is -0.873. The smallest absolute Gasteiger partial charge is 0.310 e. The molecule has 0 fully saturated rings. The maximum absolute atomic E-state index is 12.2. The van der Waals surface area contributed by atoms with Gasteiger partial charge in [0.05, 0.1) is 50.3 Å². The molecule has 1 aromatic heterocycles. The Balaban J connectivity index is 0.00000676. The summed E-state index contributed by atoms with van der Waals surface area (Å²) in [5, 5.41) is 0. The van der Waals surface area contributed by atoms with Crippen LogP contribution in [0.5, 0.6) is 0 Å². The summed E-state index contributed by atoms with van der Waals surface area (Å²) in [4.78, 5) is 32.9. The van der Waals surface area contributed by atoms with Crippen LogP contribution < -0.4 is 12.4 Å². The highest BCUT2D eigenvalue weighted by molar-refractivity contribution is 5.72. The average molecular weight is 402 g/mol. The molecule has 1 unspecified atom stereocenters. The summed E-state index contributed by atoms with van der Waals surface area (Å²) >= 11 is 0. The second-order valence-corrected chi connectivity index (χ2v) is 7.63. The van der Waals surface area contributed by atoms with Crippen LogP contribution in [0, 0.1) is 20.8 Å². The molecule has 7 nitrogen and oxygen atoms in total. The lowest BCUT2D eigenvalue weighted by Crippen LogP contribution is -3.00. The van der Waals surface area contributed by atoms with Gasteiger partial charge in [0.25, 0.3) is 0 Å². The van der Waals surface area contributed by atoms with Gasteiger partial charge in [0, 0.05) is 6.42 Å². The van der Waals surface area contributed by atoms with Crippen LogP contribution in [0.25, 0.3) is 0 Å². The van der Waals surface area contributed by atoms with Gasteiger partial charge in [-0.2, -0.15) is 0 Å². The molecule has 154 valence electrons. The standard InChI is InChI=1S/C19H32N3O4.ClH/c1-8-9-18(23)26-16(11-22(5,6)7)10-19(24)25-12-17-15(4)20-13(2)14(3)21-17;/h16H,8-12H2,1-7H3;1H/q+1;/p-1. The summed E-state index contributed by atoms with van der Waals surface area (Å²) in [5.41, 5.74) is 3.08. The highest BCUT2D eigenvalue weighted by Gasteiger charge is 2.25. The molecular weight excluding hydrogens is 370 g/mol. The third-order valence-corrected chi connectivity index (χ3v) is 3.85. The van der Waals surface area contributed by atoms with Gasteiger partial charge >= 0.3 is 11.9 Å². The van der Waals surface area contributed by atoms with E-state index in [0.29, 0.717) is 29.6 Å². The van der Waals surface area contributed by atoms with Crippen molar-refractivity contribution in [1.82, 2.24) is 9.97 Å². The number of nitrogens with zero attached hydrogens (tertiary/aromatic N) is 3. The van der Waals surface area contributed by atoms with Crippen LogP contribution in [-0.2, 0) is 25.7 Å². The molecule has 27 heavy (non-hydrogen) atoms. The van der Waals surface area contributed by atoms with Gasteiger partial charge in [0.1, 0.15) is 13.2 Å². The zero-order valence-electron chi connectivity index (χ0n) is 17.5. The Bertz CT molecular complexity index is 645. The zero-order chi connectivity index (χ0) is 19.9. The number of hydrogen-bond donors (Lipinski definition) is 0. The lowest BCUT2D eigenvalue weighted by atomic mass is 10.2. The van der Waals surface area contributed by atoms with E-state index in [1.54, 1.807) is 0 Å². The molecule has 0 saturated carbocycles. The number of aromatic nitrogens is 2. The van der Waals surface area contributed by atoms with E-state index in [1.807, 2.05) is 48.8 Å². The minimum absolute atomic E-state index is 0. The SMILES string of the molecule is CCCC(=O)OC(CC(=O)OCc1nc(C)c(C)nc1C)C[N+](C)(C)C.[Cl-]. The topological polar surface area (TPSA) is 78.4 Å². The molecule has 1 heterocycles. The summed E-state index contributed by atoms with van der Waals surface area (Å²) in [5.74, 6) is -0.693. The first-order chi connectivity index (χ1) is 12.0. The van der Waals surface area contributed by atoms with Crippen LogP contribution in [0.1, 0.15) is 49.0 Å². The first-order valence-corrected chi connectivity index (χ1v) is 8.98. The largest absolute Gasteiger partial charge is 1.00 e. The number of carbonyl (C=O) groups is 2. The third-order valence-electron chi connectivity index (χ3n) is 3.85. The van der Waals surface area contributed by atoms with Crippen LogP contribution >= 0.6 is 0 Å². The Morgan fingerprint density at radius 1 is 1.00 bits per heavy atom. The van der Waals surface area contributed by atoms with E-state index >= 15 is 0 Å². The van der Waals surface area contributed by atoms with Crippen LogP contribution in [0.15, 0.2) is 0 Å². The van der Waals surface area contributed by atoms with E-state index in [9.17, 15) is 9.59 Å². The number of ether oxygens (including phenoxy) is 2. The van der Waals surface area contributed by atoms with Gasteiger partial charge in [-0.05, 0) is 27.2 Å². The second-order valence-electron chi connectivity index (χ2n) is 7.63. The van der Waals surface area contributed by atoms with Crippen molar-refractivity contribution in [1.29, 1.82) is 0 Å². The number of likely N-dealkylation sites (N-methyl/N-ethyl adjacent to an activating group) is 1. The molecule has 0 saturated heterocycles. The van der Waals surface area contributed by atoms with Gasteiger partial charge in [-0.3, -0.25) is 19.6 Å². The maximum Gasteiger partial charge on any atom is 0.310 e. The van der Waals surface area contributed by atoms with Gasteiger partial charge in [-0.1, -0.05) is 6.92 Å². The Hall–Kier alpha value is -1.73. The van der Waals surface area contributed by atoms with E-state index < -0.39 is 12.1 Å². The number of rotatable bonds is 9. The number of esters is 2. The van der Waals surface area contributed by atoms with Crippen molar-refractivity contribution in [3.8, 4) is 0 Å². The third kappa shape index (κ3) is 9.68. The molecule has 1 aromatic rings. The summed E-state index contributed by atoms with van der Waals surface area (Å²) in [6, 6.07) is 0. The van der Waals surface area contributed by atoms with E-state index in [4.69, 9.17) is 9.47 Å². The van der Waals surface area contributed by atoms with E-state index in [2.05, 4.69) is 9.97 Å². The molecule has 0 radical (unpaired) electrons. The van der Waals surface area contributed by atoms with Gasteiger partial charge in [0.2, 0.25) is 0 Å². The fourth-order valence-electron chi connectivity index (χ4n) is 2.49. The Morgan fingerprint density at radius 2 is 1.59 bits per heavy atom.